The Morgan fingerprint density at radius 1 is 0.481 bits per heavy atom. The second-order valence-corrected chi connectivity index (χ2v) is 20.3. The molecule has 0 aliphatic rings. The Morgan fingerprint density at radius 3 is 1.54 bits per heavy atom. The third-order valence-electron chi connectivity index (χ3n) is 12.1. The third-order valence-corrected chi connectivity index (χ3v) is 13.0. The van der Waals surface area contributed by atoms with E-state index in [4.69, 9.17) is 37.9 Å². The number of nitrogens with zero attached hydrogens (tertiary/aromatic N) is 1. The van der Waals surface area contributed by atoms with E-state index in [1.165, 1.54) is 27.2 Å². The van der Waals surface area contributed by atoms with Gasteiger partial charge in [-0.2, -0.15) is 0 Å². The average molecular weight is 1200 g/mol. The minimum atomic E-state index is -0.771. The number of hydrogen-bond donors (Lipinski definition) is 0. The van der Waals surface area contributed by atoms with Gasteiger partial charge in [0.15, 0.2) is 23.0 Å². The third kappa shape index (κ3) is 16.5. The van der Waals surface area contributed by atoms with Gasteiger partial charge in [-0.05, 0) is 187 Å². The lowest BCUT2D eigenvalue weighted by Crippen LogP contribution is -2.14. The van der Waals surface area contributed by atoms with E-state index in [0.717, 1.165) is 42.5 Å². The molecule has 81 heavy (non-hydrogen) atoms. The fraction of sp³-hybridized carbons (Fsp3) is 0.147. The van der Waals surface area contributed by atoms with Crippen LogP contribution in [0.15, 0.2) is 236 Å². The lowest BCUT2D eigenvalue weighted by atomic mass is 9.99. The fourth-order valence-electron chi connectivity index (χ4n) is 7.13. The molecule has 0 N–H and O–H groups in total. The molecule has 0 saturated carbocycles. The van der Waals surface area contributed by atoms with E-state index < -0.39 is 17.9 Å². The number of methoxy groups -OCH3 is 1. The number of allylic oxidation sites excluding steroid dienone is 2. The number of carbonyl (C=O) groups is 3. The molecule has 6 aromatic carbocycles. The van der Waals surface area contributed by atoms with Crippen LogP contribution in [0.3, 0.4) is 0 Å². The van der Waals surface area contributed by atoms with Crippen molar-refractivity contribution in [1.29, 1.82) is 0 Å². The highest BCUT2D eigenvalue weighted by molar-refractivity contribution is 14.1. The van der Waals surface area contributed by atoms with E-state index in [0.29, 0.717) is 68.1 Å². The first kappa shape index (κ1) is 61.2. The Bertz CT molecular complexity index is 3600. The molecule has 0 bridgehead atoms. The summed E-state index contributed by atoms with van der Waals surface area (Å²) in [6.07, 6.45) is 1.02. The molecule has 12 nitrogen and oxygen atoms in total. The molecule has 0 spiro atoms. The van der Waals surface area contributed by atoms with Gasteiger partial charge < -0.3 is 37.9 Å². The molecular weight excluding hydrogens is 1130 g/mol. The monoisotopic (exact) mass is 1200 g/mol. The van der Waals surface area contributed by atoms with Crippen LogP contribution in [-0.2, 0) is 19.1 Å². The van der Waals surface area contributed by atoms with Crippen molar-refractivity contribution in [2.24, 2.45) is 4.99 Å². The standard InChI is InChI=1S/C68H64INO11/c1-39(2)46(13)75-55-27-19-50(20-28-55)58-30-22-52(34-62(58)80-68(73)45(12)38-74-16)49-17-25-56(26-18-49)78-65(42(7)8)70-37-44(11)67(72)81-64-35-53(23-31-61(64)79-66(71)43(9)10)51-21-29-57(59(69)33-51)54-24-32-60(76-47(14)40(3)4)63(36-54)77-48(15)41(5)6/h17-37,48H,1,3,5,7,9,12-14,38H2,2,4,6,8,10-11,15-16H3/b44-37+,70-65+. The van der Waals surface area contributed by atoms with Crippen LogP contribution in [0.25, 0.3) is 44.5 Å². The zero-order valence-corrected chi connectivity index (χ0v) is 49.0. The first-order valence-electron chi connectivity index (χ1n) is 25.3. The molecule has 0 radical (unpaired) electrons. The molecule has 1 unspecified atom stereocenters. The average Bonchev–Trinajstić information content (AvgIpc) is 3.46. The number of carbonyl (C=O) groups excluding carboxylic acids is 3. The second-order valence-electron chi connectivity index (χ2n) is 19.1. The summed E-state index contributed by atoms with van der Waals surface area (Å²) in [4.78, 5) is 44.2. The lowest BCUT2D eigenvalue weighted by molar-refractivity contribution is -0.132. The predicted molar refractivity (Wildman–Crippen MR) is 331 cm³/mol. The Morgan fingerprint density at radius 2 is 0.963 bits per heavy atom. The van der Waals surface area contributed by atoms with Gasteiger partial charge in [-0.15, -0.1) is 0 Å². The lowest BCUT2D eigenvalue weighted by Gasteiger charge is -2.20. The van der Waals surface area contributed by atoms with E-state index in [-0.39, 0.29) is 46.8 Å². The Labute approximate surface area is 488 Å². The molecule has 1 atom stereocenters. The predicted octanol–water partition coefficient (Wildman–Crippen LogP) is 16.7. The highest BCUT2D eigenvalue weighted by atomic mass is 127. The number of aliphatic imine (C=N–C) groups is 1. The molecule has 0 fully saturated rings. The summed E-state index contributed by atoms with van der Waals surface area (Å²) < 4.78 is 47.8. The second kappa shape index (κ2) is 27.7. The molecule has 0 aliphatic heterocycles. The van der Waals surface area contributed by atoms with E-state index in [1.54, 1.807) is 55.5 Å². The van der Waals surface area contributed by atoms with Crippen molar-refractivity contribution in [3.63, 3.8) is 0 Å². The quantitative estimate of drug-likeness (QED) is 0.00659. The summed E-state index contributed by atoms with van der Waals surface area (Å²) in [5, 5.41) is 0. The smallest absolute Gasteiger partial charge is 0.341 e. The van der Waals surface area contributed by atoms with Crippen LogP contribution in [-0.4, -0.2) is 43.6 Å². The maximum atomic E-state index is 13.8. The molecule has 0 aliphatic carbocycles. The van der Waals surface area contributed by atoms with Gasteiger partial charge >= 0.3 is 17.9 Å². The van der Waals surface area contributed by atoms with Crippen LogP contribution in [0.4, 0.5) is 0 Å². The fourth-order valence-corrected chi connectivity index (χ4v) is 7.96. The van der Waals surface area contributed by atoms with Crippen molar-refractivity contribution >= 4 is 46.4 Å². The first-order valence-corrected chi connectivity index (χ1v) is 26.4. The molecule has 0 amide bonds. The maximum absolute atomic E-state index is 13.8. The van der Waals surface area contributed by atoms with Gasteiger partial charge in [-0.3, -0.25) is 0 Å². The van der Waals surface area contributed by atoms with Crippen LogP contribution in [0.5, 0.6) is 40.2 Å². The minimum absolute atomic E-state index is 0.00277. The molecule has 414 valence electrons. The molecule has 13 heteroatoms. The van der Waals surface area contributed by atoms with Gasteiger partial charge in [0.05, 0.1) is 17.8 Å². The number of benzene rings is 6. The number of ether oxygens (including phenoxy) is 8. The van der Waals surface area contributed by atoms with Crippen molar-refractivity contribution in [1.82, 2.24) is 0 Å². The van der Waals surface area contributed by atoms with Gasteiger partial charge in [-0.1, -0.05) is 113 Å². The summed E-state index contributed by atoms with van der Waals surface area (Å²) in [6, 6.07) is 36.6. The van der Waals surface area contributed by atoms with E-state index >= 15 is 0 Å². The van der Waals surface area contributed by atoms with Crippen molar-refractivity contribution < 1.29 is 52.3 Å². The molecule has 0 heterocycles. The van der Waals surface area contributed by atoms with Crippen LogP contribution < -0.4 is 33.2 Å². The molecule has 6 rings (SSSR count). The Hall–Kier alpha value is -9.05. The normalized spacial score (nSPS) is 11.5. The number of rotatable bonds is 24. The molecular formula is C68H64INO11. The first-order chi connectivity index (χ1) is 38.4. The van der Waals surface area contributed by atoms with Gasteiger partial charge in [0.25, 0.3) is 0 Å². The van der Waals surface area contributed by atoms with Gasteiger partial charge in [0, 0.05) is 33.6 Å². The van der Waals surface area contributed by atoms with Crippen molar-refractivity contribution in [3.8, 4) is 84.8 Å². The van der Waals surface area contributed by atoms with E-state index in [9.17, 15) is 14.4 Å². The summed E-state index contributed by atoms with van der Waals surface area (Å²) in [5.74, 6) is 1.21. The minimum Gasteiger partial charge on any atom is -0.482 e. The summed E-state index contributed by atoms with van der Waals surface area (Å²) in [7, 11) is 1.47. The van der Waals surface area contributed by atoms with E-state index in [2.05, 4.69) is 80.2 Å². The highest BCUT2D eigenvalue weighted by Gasteiger charge is 2.21. The Kier molecular flexibility index (Phi) is 20.9. The van der Waals surface area contributed by atoms with Crippen LogP contribution in [0.1, 0.15) is 48.5 Å². The highest BCUT2D eigenvalue weighted by Crippen LogP contribution is 2.41. The summed E-state index contributed by atoms with van der Waals surface area (Å²) in [5.41, 5.74) is 9.33. The van der Waals surface area contributed by atoms with Crippen molar-refractivity contribution in [3.05, 3.63) is 234 Å². The van der Waals surface area contributed by atoms with Crippen LogP contribution >= 0.6 is 22.6 Å². The summed E-state index contributed by atoms with van der Waals surface area (Å²) in [6.45, 7) is 43.5. The molecule has 0 aromatic heterocycles. The largest absolute Gasteiger partial charge is 0.482 e. The SMILES string of the molecule is C=C(C)C(=C)Oc1ccc(-c2ccc(-c3ccc(O/C(=N/C=C(\C)C(=O)Oc4cc(-c5ccc(-c6ccc(OC(=C)C(=C)C)c(OC(C)C(=C)C)c6)c(I)c5)ccc4OC(=O)C(=C)C)C(=C)C)cc3)cc2OC(=O)C(=C)COC)cc1. The van der Waals surface area contributed by atoms with Crippen molar-refractivity contribution in [2.45, 2.75) is 54.6 Å². The molecule has 0 saturated heterocycles. The van der Waals surface area contributed by atoms with Crippen LogP contribution in [0.2, 0.25) is 0 Å². The number of esters is 3. The van der Waals surface area contributed by atoms with Gasteiger partial charge in [-0.25, -0.2) is 19.4 Å². The Balaban J connectivity index is 1.23. The van der Waals surface area contributed by atoms with E-state index in [1.807, 2.05) is 100 Å². The van der Waals surface area contributed by atoms with Gasteiger partial charge in [0.1, 0.15) is 34.9 Å². The molecule has 6 aromatic rings. The number of hydrogen-bond acceptors (Lipinski definition) is 12. The zero-order valence-electron chi connectivity index (χ0n) is 46.9. The van der Waals surface area contributed by atoms with Gasteiger partial charge in [0.2, 0.25) is 5.90 Å². The van der Waals surface area contributed by atoms with Crippen molar-refractivity contribution in [2.75, 3.05) is 13.7 Å². The van der Waals surface area contributed by atoms with Crippen LogP contribution in [0, 0.1) is 3.57 Å². The maximum Gasteiger partial charge on any atom is 0.341 e. The number of halogens is 1. The summed E-state index contributed by atoms with van der Waals surface area (Å²) >= 11 is 2.27. The topological polar surface area (TPSA) is 137 Å². The zero-order chi connectivity index (χ0) is 59.2.